The molecule has 2 amide bonds. The molecule has 0 heterocycles. The number of amides is 2. The normalized spacial score (nSPS) is 15.7. The summed E-state index contributed by atoms with van der Waals surface area (Å²) in [5, 5.41) is 2.08. The van der Waals surface area contributed by atoms with Gasteiger partial charge in [-0.15, -0.1) is 0 Å². The Hall–Kier alpha value is -1.24. The summed E-state index contributed by atoms with van der Waals surface area (Å²) in [7, 11) is 2.57. The summed E-state index contributed by atoms with van der Waals surface area (Å²) in [6, 6.07) is 0. The lowest BCUT2D eigenvalue weighted by Gasteiger charge is -2.12. The number of hydrogen-bond acceptors (Lipinski definition) is 6. The minimum absolute atomic E-state index is 0.0106. The third-order valence-corrected chi connectivity index (χ3v) is 4.06. The van der Waals surface area contributed by atoms with Gasteiger partial charge in [-0.1, -0.05) is 0 Å². The molecule has 1 rings (SSSR count). The van der Waals surface area contributed by atoms with Gasteiger partial charge in [0.25, 0.3) is 0 Å². The fraction of sp³-hybridized carbons (Fsp3) is 0.727. The summed E-state index contributed by atoms with van der Waals surface area (Å²) in [6.07, 6.45) is 1.60. The number of ether oxygens (including phenoxy) is 2. The monoisotopic (exact) mass is 275 g/mol. The molecule has 0 bridgehead atoms. The van der Waals surface area contributed by atoms with Crippen LogP contribution in [-0.4, -0.2) is 43.7 Å². The van der Waals surface area contributed by atoms with Crippen LogP contribution >= 0.6 is 11.8 Å². The van der Waals surface area contributed by atoms with Crippen molar-refractivity contribution in [2.45, 2.75) is 19.3 Å². The minimum atomic E-state index is -0.753. The van der Waals surface area contributed by atoms with Gasteiger partial charge >= 0.3 is 12.1 Å². The Labute approximate surface area is 110 Å². The van der Waals surface area contributed by atoms with Gasteiger partial charge in [-0.3, -0.25) is 14.9 Å². The highest BCUT2D eigenvalue weighted by molar-refractivity contribution is 8.00. The van der Waals surface area contributed by atoms with E-state index < -0.39 is 6.09 Å². The molecular formula is C11H17NO5S. The maximum Gasteiger partial charge on any atom is 0.413 e. The summed E-state index contributed by atoms with van der Waals surface area (Å²) in [5.41, 5.74) is -0.0106. The molecule has 0 saturated heterocycles. The van der Waals surface area contributed by atoms with Crippen molar-refractivity contribution in [3.05, 3.63) is 0 Å². The van der Waals surface area contributed by atoms with E-state index in [4.69, 9.17) is 0 Å². The Balaban J connectivity index is 2.19. The second-order valence-corrected chi connectivity index (χ2v) is 5.27. The van der Waals surface area contributed by atoms with Crippen molar-refractivity contribution < 1.29 is 23.9 Å². The van der Waals surface area contributed by atoms with Crippen LogP contribution in [0.2, 0.25) is 0 Å². The number of alkyl carbamates (subject to hydrolysis) is 1. The number of carbonyl (C=O) groups excluding carboxylic acids is 3. The third kappa shape index (κ3) is 4.95. The molecular weight excluding hydrogens is 258 g/mol. The van der Waals surface area contributed by atoms with E-state index in [1.807, 2.05) is 0 Å². The Kier molecular flexibility index (Phi) is 5.46. The number of methoxy groups -OCH3 is 2. The number of imide groups is 1. The molecule has 1 N–H and O–H groups in total. The molecule has 0 aromatic carbocycles. The predicted octanol–water partition coefficient (Wildman–Crippen LogP) is 0.945. The van der Waals surface area contributed by atoms with Crippen LogP contribution in [-0.2, 0) is 19.1 Å². The lowest BCUT2D eigenvalue weighted by Crippen LogP contribution is -2.31. The second kappa shape index (κ2) is 6.63. The highest BCUT2D eigenvalue weighted by Crippen LogP contribution is 2.51. The van der Waals surface area contributed by atoms with Crippen molar-refractivity contribution in [2.75, 3.05) is 25.7 Å². The largest absolute Gasteiger partial charge is 0.469 e. The Morgan fingerprint density at radius 3 is 2.39 bits per heavy atom. The maximum absolute atomic E-state index is 11.3. The van der Waals surface area contributed by atoms with Crippen LogP contribution < -0.4 is 5.32 Å². The van der Waals surface area contributed by atoms with Crippen LogP contribution in [0.3, 0.4) is 0 Å². The van der Waals surface area contributed by atoms with Crippen LogP contribution in [0.15, 0.2) is 0 Å². The van der Waals surface area contributed by atoms with Gasteiger partial charge in [0.15, 0.2) is 0 Å². The average Bonchev–Trinajstić information content (AvgIpc) is 3.08. The lowest BCUT2D eigenvalue weighted by atomic mass is 10.1. The fourth-order valence-corrected chi connectivity index (χ4v) is 2.67. The quantitative estimate of drug-likeness (QED) is 0.727. The number of hydrogen-bond donors (Lipinski definition) is 1. The van der Waals surface area contributed by atoms with Crippen molar-refractivity contribution in [1.29, 1.82) is 0 Å². The zero-order chi connectivity index (χ0) is 13.6. The van der Waals surface area contributed by atoms with E-state index in [0.717, 1.165) is 18.6 Å². The van der Waals surface area contributed by atoms with Gasteiger partial charge in [-0.05, 0) is 24.0 Å². The summed E-state index contributed by atoms with van der Waals surface area (Å²) in [6.45, 7) is 0. The summed E-state index contributed by atoms with van der Waals surface area (Å²) >= 11 is 1.41. The van der Waals surface area contributed by atoms with Crippen LogP contribution in [0.1, 0.15) is 19.3 Å². The first-order chi connectivity index (χ1) is 8.51. The fourth-order valence-electron chi connectivity index (χ4n) is 1.49. The predicted molar refractivity (Wildman–Crippen MR) is 66.2 cm³/mol. The molecule has 1 aliphatic rings. The molecule has 0 atom stereocenters. The minimum Gasteiger partial charge on any atom is -0.469 e. The molecule has 0 aromatic rings. The number of thioether (sulfide) groups is 1. The molecule has 0 radical (unpaired) electrons. The molecule has 0 spiro atoms. The second-order valence-electron chi connectivity index (χ2n) is 4.29. The van der Waals surface area contributed by atoms with Gasteiger partial charge in [0.1, 0.15) is 0 Å². The topological polar surface area (TPSA) is 81.7 Å². The van der Waals surface area contributed by atoms with Crippen molar-refractivity contribution >= 4 is 29.7 Å². The molecule has 0 aliphatic heterocycles. The van der Waals surface area contributed by atoms with E-state index >= 15 is 0 Å². The zero-order valence-corrected chi connectivity index (χ0v) is 11.3. The first kappa shape index (κ1) is 14.8. The first-order valence-corrected chi connectivity index (χ1v) is 6.69. The molecule has 18 heavy (non-hydrogen) atoms. The van der Waals surface area contributed by atoms with Crippen LogP contribution in [0.4, 0.5) is 4.79 Å². The summed E-state index contributed by atoms with van der Waals surface area (Å²) in [4.78, 5) is 33.2. The Morgan fingerprint density at radius 1 is 1.22 bits per heavy atom. The molecule has 1 aliphatic carbocycles. The average molecular weight is 275 g/mol. The smallest absolute Gasteiger partial charge is 0.413 e. The Bertz CT molecular complexity index is 340. The number of esters is 1. The number of nitrogens with one attached hydrogen (secondary N) is 1. The van der Waals surface area contributed by atoms with E-state index in [0.29, 0.717) is 6.42 Å². The highest BCUT2D eigenvalue weighted by atomic mass is 32.2. The maximum atomic E-state index is 11.3. The van der Waals surface area contributed by atoms with Crippen LogP contribution in [0, 0.1) is 5.41 Å². The molecule has 1 saturated carbocycles. The highest BCUT2D eigenvalue weighted by Gasteiger charge is 2.44. The first-order valence-electron chi connectivity index (χ1n) is 5.54. The van der Waals surface area contributed by atoms with E-state index in [-0.39, 0.29) is 23.0 Å². The SMILES string of the molecule is COC(=O)CC1(CSCC(=O)NC(=O)OC)CC1. The van der Waals surface area contributed by atoms with E-state index in [9.17, 15) is 14.4 Å². The van der Waals surface area contributed by atoms with Gasteiger partial charge in [-0.25, -0.2) is 4.79 Å². The molecule has 0 unspecified atom stereocenters. The van der Waals surface area contributed by atoms with Crippen molar-refractivity contribution in [3.8, 4) is 0 Å². The Morgan fingerprint density at radius 2 is 1.89 bits per heavy atom. The number of rotatable bonds is 6. The van der Waals surface area contributed by atoms with Gasteiger partial charge in [-0.2, -0.15) is 11.8 Å². The van der Waals surface area contributed by atoms with E-state index in [1.165, 1.54) is 26.0 Å². The summed E-state index contributed by atoms with van der Waals surface area (Å²) < 4.78 is 8.94. The molecule has 102 valence electrons. The number of carbonyl (C=O) groups is 3. The van der Waals surface area contributed by atoms with Crippen LogP contribution in [0.5, 0.6) is 0 Å². The molecule has 0 aromatic heterocycles. The van der Waals surface area contributed by atoms with E-state index in [2.05, 4.69) is 14.8 Å². The van der Waals surface area contributed by atoms with Crippen LogP contribution in [0.25, 0.3) is 0 Å². The van der Waals surface area contributed by atoms with Gasteiger partial charge < -0.3 is 9.47 Å². The zero-order valence-electron chi connectivity index (χ0n) is 10.5. The molecule has 1 fully saturated rings. The van der Waals surface area contributed by atoms with Crippen molar-refractivity contribution in [1.82, 2.24) is 5.32 Å². The molecule has 6 nitrogen and oxygen atoms in total. The lowest BCUT2D eigenvalue weighted by molar-refractivity contribution is -0.141. The standard InChI is InChI=1S/C11H17NO5S/c1-16-9(14)5-11(3-4-11)7-18-6-8(13)12-10(15)17-2/h3-7H2,1-2H3,(H,12,13,15). The summed E-state index contributed by atoms with van der Waals surface area (Å²) in [5.74, 6) is 0.294. The molecule has 7 heteroatoms. The van der Waals surface area contributed by atoms with Crippen molar-refractivity contribution in [2.24, 2.45) is 5.41 Å². The van der Waals surface area contributed by atoms with Gasteiger partial charge in [0.2, 0.25) is 5.91 Å². The van der Waals surface area contributed by atoms with Gasteiger partial charge in [0, 0.05) is 0 Å². The van der Waals surface area contributed by atoms with Gasteiger partial charge in [0.05, 0.1) is 26.4 Å². The third-order valence-electron chi connectivity index (χ3n) is 2.77. The van der Waals surface area contributed by atoms with E-state index in [1.54, 1.807) is 0 Å². The van der Waals surface area contributed by atoms with Crippen molar-refractivity contribution in [3.63, 3.8) is 0 Å².